The molecule has 6 amide bonds. The van der Waals surface area contributed by atoms with E-state index >= 15 is 0 Å². The van der Waals surface area contributed by atoms with Gasteiger partial charge in [-0.15, -0.1) is 6.42 Å². The number of hydrogen-bond donors (Lipinski definition) is 5. The van der Waals surface area contributed by atoms with Crippen LogP contribution in [0.1, 0.15) is 96.4 Å². The van der Waals surface area contributed by atoms with Gasteiger partial charge in [0.1, 0.15) is 24.3 Å². The average Bonchev–Trinajstić information content (AvgIpc) is 3.66. The van der Waals surface area contributed by atoms with Gasteiger partial charge < -0.3 is 40.9 Å². The quantitative estimate of drug-likeness (QED) is 0.0291. The Kier molecular flexibility index (Phi) is 18.3. The molecule has 14 nitrogen and oxygen atoms in total. The molecule has 0 saturated carbocycles. The molecule has 0 aliphatic heterocycles. The molecular formula is C58H70N6O8Si. The monoisotopic (exact) mass is 1010 g/mol. The highest BCUT2D eigenvalue weighted by molar-refractivity contribution is 6.99. The van der Waals surface area contributed by atoms with E-state index in [0.717, 1.165) is 38.2 Å². The van der Waals surface area contributed by atoms with Crippen LogP contribution in [0, 0.1) is 18.3 Å². The Morgan fingerprint density at radius 1 is 0.753 bits per heavy atom. The maximum absolute atomic E-state index is 14.4. The van der Waals surface area contributed by atoms with Gasteiger partial charge in [-0.05, 0) is 100 Å². The summed E-state index contributed by atoms with van der Waals surface area (Å²) in [7, 11) is -3.07. The predicted molar refractivity (Wildman–Crippen MR) is 289 cm³/mol. The number of rotatable bonds is 20. The first-order chi connectivity index (χ1) is 34.7. The lowest BCUT2D eigenvalue weighted by Crippen LogP contribution is -2.66. The van der Waals surface area contributed by atoms with Crippen molar-refractivity contribution in [2.75, 3.05) is 25.0 Å². The number of urea groups is 1. The molecule has 1 aliphatic carbocycles. The Morgan fingerprint density at radius 2 is 1.33 bits per heavy atom. The number of nitrogens with zero attached hydrogens (tertiary/aromatic N) is 1. The standard InChI is InChI=1S/C58H70N6O8Si/c1-10-34-64(56(69)70-38-49-47-28-19-17-26-45(47)46-27-18-20-29-48(46)49)36-41-35-42(32-31-40(41)37-71-73(58(7,8)9,43-22-13-11-14-23-43)44-24-15-12-16-25-44)61-52(65)50(30-21-33-60-54(59)67)62-53(66)51(39(2)3)63-55(68)72-57(4,5)6/h1,11-20,22-29,31-32,35,39,49-51H,21,30,33-34,36-38H2,2-9H3,(H,61,65)(H,62,66)(H,63,68)(H3,59,60,67)/t50-,51-/m0/s1. The number of fused-ring (bicyclic) bond motifs is 3. The van der Waals surface area contributed by atoms with Gasteiger partial charge in [0.2, 0.25) is 11.8 Å². The third-order valence-electron chi connectivity index (χ3n) is 12.8. The molecule has 0 saturated heterocycles. The van der Waals surface area contributed by atoms with E-state index in [9.17, 15) is 24.0 Å². The summed E-state index contributed by atoms with van der Waals surface area (Å²) >= 11 is 0. The number of hydrogen-bond acceptors (Lipinski definition) is 8. The van der Waals surface area contributed by atoms with Crippen molar-refractivity contribution in [2.45, 2.75) is 110 Å². The molecule has 0 heterocycles. The zero-order valence-corrected chi connectivity index (χ0v) is 44.3. The molecule has 5 aromatic carbocycles. The minimum Gasteiger partial charge on any atom is -0.448 e. The van der Waals surface area contributed by atoms with E-state index < -0.39 is 56.0 Å². The van der Waals surface area contributed by atoms with Crippen LogP contribution in [0.25, 0.3) is 11.1 Å². The highest BCUT2D eigenvalue weighted by Gasteiger charge is 2.50. The van der Waals surface area contributed by atoms with Crippen LogP contribution in [0.15, 0.2) is 127 Å². The van der Waals surface area contributed by atoms with Gasteiger partial charge in [-0.2, -0.15) is 0 Å². The number of nitrogens with one attached hydrogen (secondary N) is 4. The van der Waals surface area contributed by atoms with Gasteiger partial charge in [0.05, 0.1) is 19.7 Å². The largest absolute Gasteiger partial charge is 0.448 e. The Balaban J connectivity index is 1.34. The third kappa shape index (κ3) is 14.0. The number of primary amides is 1. The van der Waals surface area contributed by atoms with E-state index in [0.29, 0.717) is 11.3 Å². The van der Waals surface area contributed by atoms with Crippen LogP contribution in [0.2, 0.25) is 5.04 Å². The van der Waals surface area contributed by atoms with Gasteiger partial charge in [0.25, 0.3) is 8.32 Å². The number of carbonyl (C=O) groups is 5. The molecule has 73 heavy (non-hydrogen) atoms. The Hall–Kier alpha value is -7.41. The second kappa shape index (κ2) is 24.3. The van der Waals surface area contributed by atoms with Crippen LogP contribution in [-0.4, -0.2) is 80.6 Å². The van der Waals surface area contributed by atoms with Crippen LogP contribution in [-0.2, 0) is 36.6 Å². The highest BCUT2D eigenvalue weighted by Crippen LogP contribution is 2.44. The molecule has 0 bridgehead atoms. The second-order valence-electron chi connectivity index (χ2n) is 20.7. The van der Waals surface area contributed by atoms with E-state index in [1.54, 1.807) is 46.8 Å². The normalized spacial score (nSPS) is 13.1. The van der Waals surface area contributed by atoms with Crippen molar-refractivity contribution in [3.05, 3.63) is 150 Å². The van der Waals surface area contributed by atoms with Gasteiger partial charge >= 0.3 is 18.2 Å². The summed E-state index contributed by atoms with van der Waals surface area (Å²) in [5, 5.41) is 12.8. The fourth-order valence-electron chi connectivity index (χ4n) is 9.37. The number of anilines is 1. The van der Waals surface area contributed by atoms with Crippen molar-refractivity contribution in [3.63, 3.8) is 0 Å². The van der Waals surface area contributed by atoms with Gasteiger partial charge in [-0.3, -0.25) is 14.5 Å². The molecular weight excluding hydrogens is 937 g/mol. The molecule has 0 radical (unpaired) electrons. The van der Waals surface area contributed by atoms with Crippen LogP contribution in [0.4, 0.5) is 20.1 Å². The molecule has 6 rings (SSSR count). The van der Waals surface area contributed by atoms with Gasteiger partial charge in [0.15, 0.2) is 0 Å². The maximum atomic E-state index is 14.4. The number of terminal acetylenes is 1. The van der Waals surface area contributed by atoms with E-state index in [1.165, 1.54) is 4.90 Å². The lowest BCUT2D eigenvalue weighted by Gasteiger charge is -2.43. The molecule has 0 fully saturated rings. The Bertz CT molecular complexity index is 2680. The van der Waals surface area contributed by atoms with Crippen molar-refractivity contribution in [1.29, 1.82) is 0 Å². The predicted octanol–water partition coefficient (Wildman–Crippen LogP) is 8.57. The zero-order chi connectivity index (χ0) is 52.9. The first kappa shape index (κ1) is 54.9. The van der Waals surface area contributed by atoms with Crippen molar-refractivity contribution in [1.82, 2.24) is 20.9 Å². The fourth-order valence-corrected chi connectivity index (χ4v) is 13.9. The summed E-state index contributed by atoms with van der Waals surface area (Å²) in [4.78, 5) is 68.4. The van der Waals surface area contributed by atoms with Crippen LogP contribution in [0.3, 0.4) is 0 Å². The summed E-state index contributed by atoms with van der Waals surface area (Å²) in [5.74, 6) is 0.916. The second-order valence-corrected chi connectivity index (χ2v) is 25.0. The lowest BCUT2D eigenvalue weighted by molar-refractivity contribution is -0.128. The lowest BCUT2D eigenvalue weighted by atomic mass is 9.98. The number of alkyl carbamates (subject to hydrolysis) is 1. The molecule has 6 N–H and O–H groups in total. The van der Waals surface area contributed by atoms with Gasteiger partial charge in [0, 0.05) is 18.2 Å². The van der Waals surface area contributed by atoms with E-state index in [4.69, 9.17) is 26.1 Å². The summed E-state index contributed by atoms with van der Waals surface area (Å²) in [6, 6.07) is 39.3. The molecule has 5 aromatic rings. The Labute approximate surface area is 431 Å². The van der Waals surface area contributed by atoms with E-state index in [-0.39, 0.29) is 62.6 Å². The molecule has 2 atom stereocenters. The zero-order valence-electron chi connectivity index (χ0n) is 43.3. The molecule has 1 aliphatic rings. The molecule has 0 spiro atoms. The van der Waals surface area contributed by atoms with Gasteiger partial charge in [-0.1, -0.05) is 156 Å². The first-order valence-corrected chi connectivity index (χ1v) is 26.7. The molecule has 0 aromatic heterocycles. The maximum Gasteiger partial charge on any atom is 0.410 e. The number of amides is 6. The first-order valence-electron chi connectivity index (χ1n) is 24.8. The van der Waals surface area contributed by atoms with Crippen molar-refractivity contribution in [2.24, 2.45) is 11.7 Å². The smallest absolute Gasteiger partial charge is 0.410 e. The van der Waals surface area contributed by atoms with Crippen LogP contribution < -0.4 is 37.4 Å². The van der Waals surface area contributed by atoms with Gasteiger partial charge in [-0.25, -0.2) is 14.4 Å². The Morgan fingerprint density at radius 3 is 1.86 bits per heavy atom. The third-order valence-corrected chi connectivity index (χ3v) is 17.8. The van der Waals surface area contributed by atoms with Crippen LogP contribution in [0.5, 0.6) is 0 Å². The summed E-state index contributed by atoms with van der Waals surface area (Å²) in [6.45, 7) is 15.5. The summed E-state index contributed by atoms with van der Waals surface area (Å²) in [6.07, 6.45) is 4.94. The van der Waals surface area contributed by atoms with Crippen molar-refractivity contribution >= 4 is 54.4 Å². The number of benzene rings is 5. The summed E-state index contributed by atoms with van der Waals surface area (Å²) in [5.41, 5.74) is 10.6. The van der Waals surface area contributed by atoms with Crippen LogP contribution >= 0.6 is 0 Å². The topological polar surface area (TPSA) is 190 Å². The highest BCUT2D eigenvalue weighted by atomic mass is 28.4. The van der Waals surface area contributed by atoms with E-state index in [2.05, 4.69) is 96.5 Å². The fraction of sp³-hybridized carbons (Fsp3) is 0.362. The van der Waals surface area contributed by atoms with E-state index in [1.807, 2.05) is 66.7 Å². The molecule has 0 unspecified atom stereocenters. The number of carbonyl (C=O) groups excluding carboxylic acids is 5. The SMILES string of the molecule is C#CCN(Cc1cc(NC(=O)[C@H](CCCNC(N)=O)NC(=O)[C@@H](NC(=O)OC(C)(C)C)C(C)C)ccc1CO[Si](c1ccccc1)(c1ccccc1)C(C)(C)C)C(=O)OCC1c2ccccc2-c2ccccc21. The van der Waals surface area contributed by atoms with Crippen molar-refractivity contribution in [3.8, 4) is 23.5 Å². The minimum atomic E-state index is -3.07. The minimum absolute atomic E-state index is 0.00458. The molecule has 384 valence electrons. The molecule has 15 heteroatoms. The van der Waals surface area contributed by atoms with Crippen molar-refractivity contribution < 1.29 is 37.9 Å². The average molecular weight is 1010 g/mol. The summed E-state index contributed by atoms with van der Waals surface area (Å²) < 4.78 is 19.0. The number of ether oxygens (including phenoxy) is 2. The number of nitrogens with two attached hydrogens (primary N) is 1.